The van der Waals surface area contributed by atoms with E-state index in [1.807, 2.05) is 24.9 Å². The molecule has 0 heterocycles. The number of sulfone groups is 1. The first-order valence-electron chi connectivity index (χ1n) is 7.78. The van der Waals surface area contributed by atoms with Gasteiger partial charge in [0.25, 0.3) is 0 Å². The number of nitrogens with zero attached hydrogens (tertiary/aromatic N) is 2. The fourth-order valence-corrected chi connectivity index (χ4v) is 3.13. The standard InChI is InChI=1S/C16H27N3O2S.HI/c1-4-6-13-19(3)16(17-5-2)18-12-14-22(20,21)15-10-8-7-9-11-15;/h7-11H,4-6,12-14H2,1-3H3,(H,17,18);1H. The van der Waals surface area contributed by atoms with Gasteiger partial charge in [0.05, 0.1) is 17.2 Å². The number of aliphatic imine (C=N–C) groups is 1. The molecule has 0 aliphatic rings. The predicted molar refractivity (Wildman–Crippen MR) is 107 cm³/mol. The minimum Gasteiger partial charge on any atom is -0.357 e. The minimum atomic E-state index is -3.27. The number of hydrogen-bond acceptors (Lipinski definition) is 3. The third-order valence-electron chi connectivity index (χ3n) is 3.27. The Bertz CT molecular complexity index is 562. The van der Waals surface area contributed by atoms with Crippen LogP contribution in [0.25, 0.3) is 0 Å². The first-order valence-corrected chi connectivity index (χ1v) is 9.43. The van der Waals surface area contributed by atoms with Gasteiger partial charge in [-0.15, -0.1) is 24.0 Å². The highest BCUT2D eigenvalue weighted by Crippen LogP contribution is 2.09. The Morgan fingerprint density at radius 1 is 1.22 bits per heavy atom. The van der Waals surface area contributed by atoms with Gasteiger partial charge in [0, 0.05) is 20.1 Å². The number of guanidine groups is 1. The molecule has 132 valence electrons. The average molecular weight is 453 g/mol. The Morgan fingerprint density at radius 3 is 2.43 bits per heavy atom. The van der Waals surface area contributed by atoms with E-state index in [1.165, 1.54) is 0 Å². The highest BCUT2D eigenvalue weighted by atomic mass is 127. The van der Waals surface area contributed by atoms with Gasteiger partial charge in [0.2, 0.25) is 0 Å². The number of halogens is 1. The molecule has 1 aromatic rings. The maximum Gasteiger partial charge on any atom is 0.193 e. The second-order valence-corrected chi connectivity index (χ2v) is 7.25. The molecule has 0 saturated heterocycles. The van der Waals surface area contributed by atoms with E-state index in [9.17, 15) is 8.42 Å². The molecule has 1 aromatic carbocycles. The summed E-state index contributed by atoms with van der Waals surface area (Å²) in [5, 5.41) is 3.20. The topological polar surface area (TPSA) is 61.8 Å². The van der Waals surface area contributed by atoms with E-state index in [0.29, 0.717) is 4.90 Å². The van der Waals surface area contributed by atoms with E-state index in [-0.39, 0.29) is 36.3 Å². The van der Waals surface area contributed by atoms with Crippen molar-refractivity contribution in [2.24, 2.45) is 4.99 Å². The van der Waals surface area contributed by atoms with Crippen molar-refractivity contribution in [3.8, 4) is 0 Å². The lowest BCUT2D eigenvalue weighted by atomic mass is 10.3. The van der Waals surface area contributed by atoms with Crippen molar-refractivity contribution in [1.82, 2.24) is 10.2 Å². The van der Waals surface area contributed by atoms with Crippen molar-refractivity contribution >= 4 is 39.8 Å². The summed E-state index contributed by atoms with van der Waals surface area (Å²) in [6.45, 7) is 6.08. The lowest BCUT2D eigenvalue weighted by molar-refractivity contribution is 0.465. The van der Waals surface area contributed by atoms with Gasteiger partial charge in [-0.05, 0) is 25.5 Å². The van der Waals surface area contributed by atoms with Crippen LogP contribution in [0.4, 0.5) is 0 Å². The highest BCUT2D eigenvalue weighted by molar-refractivity contribution is 14.0. The van der Waals surface area contributed by atoms with Crippen molar-refractivity contribution in [3.05, 3.63) is 30.3 Å². The van der Waals surface area contributed by atoms with E-state index < -0.39 is 9.84 Å². The van der Waals surface area contributed by atoms with Crippen molar-refractivity contribution in [2.75, 3.05) is 32.4 Å². The van der Waals surface area contributed by atoms with Crippen LogP contribution >= 0.6 is 24.0 Å². The predicted octanol–water partition coefficient (Wildman–Crippen LogP) is 2.78. The molecule has 1 N–H and O–H groups in total. The van der Waals surface area contributed by atoms with Crippen LogP contribution in [0.1, 0.15) is 26.7 Å². The van der Waals surface area contributed by atoms with Gasteiger partial charge in [0.15, 0.2) is 15.8 Å². The molecule has 0 saturated carbocycles. The second kappa shape index (κ2) is 11.7. The van der Waals surface area contributed by atoms with Gasteiger partial charge >= 0.3 is 0 Å². The summed E-state index contributed by atoms with van der Waals surface area (Å²) >= 11 is 0. The molecular formula is C16H28IN3O2S. The van der Waals surface area contributed by atoms with E-state index in [0.717, 1.165) is 31.9 Å². The molecule has 23 heavy (non-hydrogen) atoms. The van der Waals surface area contributed by atoms with E-state index in [4.69, 9.17) is 0 Å². The molecule has 7 heteroatoms. The summed E-state index contributed by atoms with van der Waals surface area (Å²) in [7, 11) is -1.29. The van der Waals surface area contributed by atoms with Gasteiger partial charge < -0.3 is 10.2 Å². The Kier molecular flexibility index (Phi) is 11.2. The van der Waals surface area contributed by atoms with Crippen LogP contribution in [0.5, 0.6) is 0 Å². The highest BCUT2D eigenvalue weighted by Gasteiger charge is 2.13. The normalized spacial score (nSPS) is 11.7. The lowest BCUT2D eigenvalue weighted by Crippen LogP contribution is -2.39. The molecule has 0 atom stereocenters. The number of rotatable bonds is 8. The smallest absolute Gasteiger partial charge is 0.193 e. The van der Waals surface area contributed by atoms with Gasteiger partial charge in [0.1, 0.15) is 0 Å². The van der Waals surface area contributed by atoms with Crippen LogP contribution < -0.4 is 5.32 Å². The quantitative estimate of drug-likeness (QED) is 0.374. The summed E-state index contributed by atoms with van der Waals surface area (Å²) < 4.78 is 24.4. The molecule has 0 amide bonds. The molecule has 0 aliphatic carbocycles. The maximum atomic E-state index is 12.2. The fraction of sp³-hybridized carbons (Fsp3) is 0.562. The maximum absolute atomic E-state index is 12.2. The van der Waals surface area contributed by atoms with Crippen LogP contribution in [-0.4, -0.2) is 51.7 Å². The number of hydrogen-bond donors (Lipinski definition) is 1. The van der Waals surface area contributed by atoms with Crippen LogP contribution in [-0.2, 0) is 9.84 Å². The number of benzene rings is 1. The largest absolute Gasteiger partial charge is 0.357 e. The Labute approximate surface area is 157 Å². The van der Waals surface area contributed by atoms with E-state index in [2.05, 4.69) is 17.2 Å². The zero-order valence-electron chi connectivity index (χ0n) is 14.2. The van der Waals surface area contributed by atoms with Crippen molar-refractivity contribution < 1.29 is 8.42 Å². The van der Waals surface area contributed by atoms with Gasteiger partial charge in [-0.25, -0.2) is 8.42 Å². The molecule has 0 fully saturated rings. The van der Waals surface area contributed by atoms with Gasteiger partial charge in [-0.1, -0.05) is 31.5 Å². The molecule has 5 nitrogen and oxygen atoms in total. The van der Waals surface area contributed by atoms with Crippen molar-refractivity contribution in [2.45, 2.75) is 31.6 Å². The summed E-state index contributed by atoms with van der Waals surface area (Å²) in [4.78, 5) is 6.83. The molecule has 0 aromatic heterocycles. The Hall–Kier alpha value is -0.830. The average Bonchev–Trinajstić information content (AvgIpc) is 2.52. The second-order valence-electron chi connectivity index (χ2n) is 5.14. The molecule has 0 spiro atoms. The summed E-state index contributed by atoms with van der Waals surface area (Å²) in [6.07, 6.45) is 2.20. The Balaban J connectivity index is 0.00000484. The van der Waals surface area contributed by atoms with E-state index >= 15 is 0 Å². The minimum absolute atomic E-state index is 0. The van der Waals surface area contributed by atoms with Crippen LogP contribution in [0.3, 0.4) is 0 Å². The SMILES string of the molecule is CCCCN(C)C(=NCCS(=O)(=O)c1ccccc1)NCC.I. The zero-order valence-corrected chi connectivity index (χ0v) is 17.3. The first-order chi connectivity index (χ1) is 10.5. The first kappa shape index (κ1) is 22.2. The molecule has 0 aliphatic heterocycles. The summed E-state index contributed by atoms with van der Waals surface area (Å²) in [5.41, 5.74) is 0. The Morgan fingerprint density at radius 2 is 1.87 bits per heavy atom. The van der Waals surface area contributed by atoms with E-state index in [1.54, 1.807) is 24.3 Å². The molecule has 0 bridgehead atoms. The summed E-state index contributed by atoms with van der Waals surface area (Å²) in [5.74, 6) is 0.785. The number of nitrogens with one attached hydrogen (secondary N) is 1. The van der Waals surface area contributed by atoms with Crippen LogP contribution in [0, 0.1) is 0 Å². The molecule has 0 radical (unpaired) electrons. The fourth-order valence-electron chi connectivity index (χ4n) is 1.99. The van der Waals surface area contributed by atoms with Crippen LogP contribution in [0.15, 0.2) is 40.2 Å². The zero-order chi connectivity index (χ0) is 16.4. The van der Waals surface area contributed by atoms with Gasteiger partial charge in [-0.3, -0.25) is 4.99 Å². The summed E-state index contributed by atoms with van der Waals surface area (Å²) in [6, 6.07) is 8.52. The van der Waals surface area contributed by atoms with Crippen LogP contribution in [0.2, 0.25) is 0 Å². The molecule has 1 rings (SSSR count). The molecule has 0 unspecified atom stereocenters. The lowest BCUT2D eigenvalue weighted by Gasteiger charge is -2.21. The van der Waals surface area contributed by atoms with Crippen molar-refractivity contribution in [1.29, 1.82) is 0 Å². The van der Waals surface area contributed by atoms with Crippen molar-refractivity contribution in [3.63, 3.8) is 0 Å². The molecular weight excluding hydrogens is 425 g/mol. The number of unbranched alkanes of at least 4 members (excludes halogenated alkanes) is 1. The third kappa shape index (κ3) is 8.01. The van der Waals surface area contributed by atoms with Gasteiger partial charge in [-0.2, -0.15) is 0 Å². The third-order valence-corrected chi connectivity index (χ3v) is 4.98. The monoisotopic (exact) mass is 453 g/mol.